The van der Waals surface area contributed by atoms with Crippen LogP contribution < -0.4 is 14.5 Å². The fourth-order valence-electron chi connectivity index (χ4n) is 3.24. The first-order valence-corrected chi connectivity index (χ1v) is 11.1. The molecule has 2 aromatic rings. The molecule has 0 unspecified atom stereocenters. The second kappa shape index (κ2) is 8.79. The van der Waals surface area contributed by atoms with Gasteiger partial charge in [-0.3, -0.25) is 9.10 Å². The van der Waals surface area contributed by atoms with Crippen LogP contribution in [0.4, 0.5) is 21.5 Å². The number of sulfonamides is 1. The largest absolute Gasteiger partial charge is 0.378 e. The van der Waals surface area contributed by atoms with E-state index in [1.807, 2.05) is 12.1 Å². The summed E-state index contributed by atoms with van der Waals surface area (Å²) in [5.74, 6) is -1.27. The van der Waals surface area contributed by atoms with E-state index in [4.69, 9.17) is 4.74 Å². The number of morpholine rings is 1. The van der Waals surface area contributed by atoms with E-state index in [0.29, 0.717) is 18.9 Å². The fourth-order valence-corrected chi connectivity index (χ4v) is 4.41. The van der Waals surface area contributed by atoms with Gasteiger partial charge in [0, 0.05) is 24.5 Å². The van der Waals surface area contributed by atoms with E-state index in [0.717, 1.165) is 35.4 Å². The van der Waals surface area contributed by atoms with Crippen LogP contribution >= 0.6 is 0 Å². The van der Waals surface area contributed by atoms with Crippen molar-refractivity contribution in [1.29, 1.82) is 0 Å². The normalized spacial score (nSPS) is 15.6. The van der Waals surface area contributed by atoms with Gasteiger partial charge in [-0.15, -0.1) is 0 Å². The summed E-state index contributed by atoms with van der Waals surface area (Å²) < 4.78 is 44.9. The van der Waals surface area contributed by atoms with Gasteiger partial charge in [0.25, 0.3) is 0 Å². The Morgan fingerprint density at radius 1 is 1.14 bits per heavy atom. The SMILES string of the molecule is C[C@H](C(=O)Nc1ccc(N2CCOCC2)cc1)N(c1ccccc1F)S(C)(=O)=O. The number of halogens is 1. The highest BCUT2D eigenvalue weighted by Gasteiger charge is 2.31. The third-order valence-electron chi connectivity index (χ3n) is 4.69. The molecule has 0 radical (unpaired) electrons. The maximum atomic E-state index is 14.2. The van der Waals surface area contributed by atoms with Crippen molar-refractivity contribution in [2.75, 3.05) is 47.1 Å². The molecule has 1 fully saturated rings. The van der Waals surface area contributed by atoms with Crippen LogP contribution in [-0.4, -0.2) is 52.9 Å². The summed E-state index contributed by atoms with van der Waals surface area (Å²) in [6, 6.07) is 11.6. The van der Waals surface area contributed by atoms with Crippen molar-refractivity contribution in [3.63, 3.8) is 0 Å². The third-order valence-corrected chi connectivity index (χ3v) is 5.92. The third kappa shape index (κ3) is 5.04. The van der Waals surface area contributed by atoms with Crippen LogP contribution in [0.15, 0.2) is 48.5 Å². The van der Waals surface area contributed by atoms with Gasteiger partial charge in [0.15, 0.2) is 0 Å². The molecule has 1 aliphatic heterocycles. The summed E-state index contributed by atoms with van der Waals surface area (Å²) in [5, 5.41) is 2.70. The van der Waals surface area contributed by atoms with Crippen molar-refractivity contribution < 1.29 is 22.3 Å². The number of hydrogen-bond acceptors (Lipinski definition) is 5. The molecule has 1 atom stereocenters. The van der Waals surface area contributed by atoms with Gasteiger partial charge in [-0.1, -0.05) is 12.1 Å². The van der Waals surface area contributed by atoms with Crippen molar-refractivity contribution in [3.05, 3.63) is 54.3 Å². The highest BCUT2D eigenvalue weighted by atomic mass is 32.2. The molecule has 2 aromatic carbocycles. The van der Waals surface area contributed by atoms with Gasteiger partial charge in [-0.2, -0.15) is 0 Å². The monoisotopic (exact) mass is 421 g/mol. The smallest absolute Gasteiger partial charge is 0.247 e. The number of carbonyl (C=O) groups excluding carboxylic acids is 1. The number of carbonyl (C=O) groups is 1. The van der Waals surface area contributed by atoms with Crippen molar-refractivity contribution in [3.8, 4) is 0 Å². The van der Waals surface area contributed by atoms with Crippen LogP contribution in [0.3, 0.4) is 0 Å². The van der Waals surface area contributed by atoms with Crippen molar-refractivity contribution >= 4 is 33.0 Å². The minimum Gasteiger partial charge on any atom is -0.378 e. The van der Waals surface area contributed by atoms with E-state index >= 15 is 0 Å². The average molecular weight is 421 g/mol. The molecule has 1 N–H and O–H groups in total. The lowest BCUT2D eigenvalue weighted by molar-refractivity contribution is -0.116. The number of amides is 1. The van der Waals surface area contributed by atoms with E-state index in [9.17, 15) is 17.6 Å². The first-order valence-electron chi connectivity index (χ1n) is 9.25. The van der Waals surface area contributed by atoms with E-state index in [-0.39, 0.29) is 5.69 Å². The minimum atomic E-state index is -3.88. The molecule has 1 saturated heterocycles. The van der Waals surface area contributed by atoms with Crippen molar-refractivity contribution in [2.45, 2.75) is 13.0 Å². The standard InChI is InChI=1S/C20H24FN3O4S/c1-15(24(29(2,26)27)19-6-4-3-5-18(19)21)20(25)22-16-7-9-17(10-8-16)23-11-13-28-14-12-23/h3-10,15H,11-14H2,1-2H3,(H,22,25)/t15-/m1/s1. The quantitative estimate of drug-likeness (QED) is 0.775. The van der Waals surface area contributed by atoms with Gasteiger partial charge in [0.2, 0.25) is 15.9 Å². The van der Waals surface area contributed by atoms with Gasteiger partial charge in [-0.05, 0) is 43.3 Å². The number of hydrogen-bond donors (Lipinski definition) is 1. The molecule has 9 heteroatoms. The average Bonchev–Trinajstić information content (AvgIpc) is 2.70. The molecule has 3 rings (SSSR count). The Bertz CT molecular complexity index is 960. The summed E-state index contributed by atoms with van der Waals surface area (Å²) in [6.45, 7) is 4.37. The van der Waals surface area contributed by atoms with Gasteiger partial charge in [0.05, 0.1) is 25.2 Å². The number of rotatable bonds is 6. The van der Waals surface area contributed by atoms with Gasteiger partial charge in [-0.25, -0.2) is 12.8 Å². The Morgan fingerprint density at radius 2 is 1.76 bits per heavy atom. The molecule has 0 aliphatic carbocycles. The molecule has 7 nitrogen and oxygen atoms in total. The minimum absolute atomic E-state index is 0.166. The number of nitrogens with one attached hydrogen (secondary N) is 1. The molecule has 1 aliphatic rings. The first-order chi connectivity index (χ1) is 13.8. The molecule has 156 valence electrons. The lowest BCUT2D eigenvalue weighted by Gasteiger charge is -2.29. The Labute approximate surface area is 170 Å². The number of nitrogens with zero attached hydrogens (tertiary/aromatic N) is 2. The number of benzene rings is 2. The Hall–Kier alpha value is -2.65. The zero-order valence-electron chi connectivity index (χ0n) is 16.3. The highest BCUT2D eigenvalue weighted by molar-refractivity contribution is 7.92. The van der Waals surface area contributed by atoms with E-state index in [2.05, 4.69) is 10.2 Å². The van der Waals surface area contributed by atoms with Crippen molar-refractivity contribution in [1.82, 2.24) is 0 Å². The summed E-state index contributed by atoms with van der Waals surface area (Å²) in [4.78, 5) is 14.9. The number of anilines is 3. The van der Waals surface area contributed by atoms with Crippen LogP contribution in [0.5, 0.6) is 0 Å². The predicted molar refractivity (Wildman–Crippen MR) is 111 cm³/mol. The van der Waals surface area contributed by atoms with Crippen LogP contribution in [0.1, 0.15) is 6.92 Å². The van der Waals surface area contributed by atoms with Crippen molar-refractivity contribution in [2.24, 2.45) is 0 Å². The predicted octanol–water partition coefficient (Wildman–Crippen LogP) is 2.46. The van der Waals surface area contributed by atoms with E-state index in [1.165, 1.54) is 25.1 Å². The zero-order valence-corrected chi connectivity index (χ0v) is 17.2. The summed E-state index contributed by atoms with van der Waals surface area (Å²) in [6.07, 6.45) is 0.945. The number of para-hydroxylation sites is 1. The molecule has 0 aromatic heterocycles. The first kappa shape index (κ1) is 21.1. The molecule has 29 heavy (non-hydrogen) atoms. The van der Waals surface area contributed by atoms with E-state index < -0.39 is 27.8 Å². The fraction of sp³-hybridized carbons (Fsp3) is 0.350. The second-order valence-electron chi connectivity index (χ2n) is 6.82. The van der Waals surface area contributed by atoms with Crippen LogP contribution in [0.25, 0.3) is 0 Å². The van der Waals surface area contributed by atoms with Crippen LogP contribution in [-0.2, 0) is 19.6 Å². The summed E-state index contributed by atoms with van der Waals surface area (Å²) >= 11 is 0. The molecule has 0 bridgehead atoms. The topological polar surface area (TPSA) is 79.0 Å². The molecule has 1 heterocycles. The Kier molecular flexibility index (Phi) is 6.39. The van der Waals surface area contributed by atoms with E-state index in [1.54, 1.807) is 12.1 Å². The molecule has 0 saturated carbocycles. The summed E-state index contributed by atoms with van der Waals surface area (Å²) in [7, 11) is -3.88. The lowest BCUT2D eigenvalue weighted by atomic mass is 10.2. The molecular formula is C20H24FN3O4S. The Balaban J connectivity index is 1.75. The zero-order chi connectivity index (χ0) is 21.0. The van der Waals surface area contributed by atoms with Gasteiger partial charge >= 0.3 is 0 Å². The number of ether oxygens (including phenoxy) is 1. The second-order valence-corrected chi connectivity index (χ2v) is 8.68. The van der Waals surface area contributed by atoms with Crippen LogP contribution in [0.2, 0.25) is 0 Å². The molecule has 1 amide bonds. The van der Waals surface area contributed by atoms with Gasteiger partial charge < -0.3 is 15.0 Å². The maximum Gasteiger partial charge on any atom is 0.247 e. The summed E-state index contributed by atoms with van der Waals surface area (Å²) in [5.41, 5.74) is 1.38. The lowest BCUT2D eigenvalue weighted by Crippen LogP contribution is -2.45. The Morgan fingerprint density at radius 3 is 2.34 bits per heavy atom. The molecular weight excluding hydrogens is 397 g/mol. The molecule has 0 spiro atoms. The highest BCUT2D eigenvalue weighted by Crippen LogP contribution is 2.25. The van der Waals surface area contributed by atoms with Crippen LogP contribution in [0, 0.1) is 5.82 Å². The van der Waals surface area contributed by atoms with Gasteiger partial charge in [0.1, 0.15) is 11.9 Å². The maximum absolute atomic E-state index is 14.2.